The van der Waals surface area contributed by atoms with Gasteiger partial charge in [-0.1, -0.05) is 18.2 Å². The third kappa shape index (κ3) is 4.13. The van der Waals surface area contributed by atoms with E-state index in [1.165, 1.54) is 18.2 Å². The van der Waals surface area contributed by atoms with Crippen LogP contribution in [-0.4, -0.2) is 29.5 Å². The molecular formula is C24H15N3O8. The van der Waals surface area contributed by atoms with Gasteiger partial charge >= 0.3 is 5.97 Å². The molecule has 0 atom stereocenters. The lowest BCUT2D eigenvalue weighted by Gasteiger charge is -2.14. The number of nitro groups is 1. The van der Waals surface area contributed by atoms with E-state index in [2.05, 4.69) is 5.43 Å². The van der Waals surface area contributed by atoms with Crippen LogP contribution >= 0.6 is 0 Å². The van der Waals surface area contributed by atoms with Crippen molar-refractivity contribution in [1.29, 1.82) is 0 Å². The summed E-state index contributed by atoms with van der Waals surface area (Å²) < 4.78 is 15.9. The van der Waals surface area contributed by atoms with Gasteiger partial charge in [0.05, 0.1) is 16.2 Å². The first-order chi connectivity index (χ1) is 16.9. The van der Waals surface area contributed by atoms with E-state index >= 15 is 0 Å². The molecule has 5 rings (SSSR count). The van der Waals surface area contributed by atoms with Crippen molar-refractivity contribution in [2.45, 2.75) is 0 Å². The molecule has 1 N–H and O–H groups in total. The topological polar surface area (TPSA) is 137 Å². The zero-order valence-corrected chi connectivity index (χ0v) is 17.8. The number of nitrogens with one attached hydrogen (secondary N) is 1. The van der Waals surface area contributed by atoms with Crippen molar-refractivity contribution in [3.63, 3.8) is 0 Å². The maximum absolute atomic E-state index is 12.9. The highest BCUT2D eigenvalue weighted by Crippen LogP contribution is 2.34. The van der Waals surface area contributed by atoms with Crippen LogP contribution in [0.5, 0.6) is 17.2 Å². The highest BCUT2D eigenvalue weighted by Gasteiger charge is 2.35. The van der Waals surface area contributed by atoms with Gasteiger partial charge in [0.1, 0.15) is 11.3 Å². The Hall–Kier alpha value is -5.19. The van der Waals surface area contributed by atoms with E-state index in [0.717, 1.165) is 23.2 Å². The monoisotopic (exact) mass is 473 g/mol. The van der Waals surface area contributed by atoms with Crippen LogP contribution in [-0.2, 0) is 9.59 Å². The molecule has 3 aromatic rings. The summed E-state index contributed by atoms with van der Waals surface area (Å²) >= 11 is 0. The largest absolute Gasteiger partial charge is 0.454 e. The molecule has 35 heavy (non-hydrogen) atoms. The highest BCUT2D eigenvalue weighted by molar-refractivity contribution is 6.31. The van der Waals surface area contributed by atoms with Crippen molar-refractivity contribution in [3.05, 3.63) is 93.5 Å². The summed E-state index contributed by atoms with van der Waals surface area (Å²) in [5.74, 6) is -1.37. The van der Waals surface area contributed by atoms with E-state index in [4.69, 9.17) is 14.2 Å². The van der Waals surface area contributed by atoms with Gasteiger partial charge in [0.2, 0.25) is 6.79 Å². The number of ether oxygens (including phenoxy) is 3. The molecule has 0 saturated carbocycles. The van der Waals surface area contributed by atoms with Crippen LogP contribution in [0.3, 0.4) is 0 Å². The van der Waals surface area contributed by atoms with E-state index in [9.17, 15) is 24.5 Å². The van der Waals surface area contributed by atoms with Gasteiger partial charge in [-0.25, -0.2) is 9.80 Å². The second-order valence-corrected chi connectivity index (χ2v) is 7.41. The third-order valence-corrected chi connectivity index (χ3v) is 5.22. The Morgan fingerprint density at radius 2 is 1.80 bits per heavy atom. The van der Waals surface area contributed by atoms with Crippen LogP contribution in [0.4, 0.5) is 11.4 Å². The number of para-hydroxylation sites is 1. The number of hydrazine groups is 1. The minimum atomic E-state index is -0.773. The predicted octanol–water partition coefficient (Wildman–Crippen LogP) is 3.00. The molecule has 2 amide bonds. The number of amides is 2. The van der Waals surface area contributed by atoms with Gasteiger partial charge in [0.15, 0.2) is 11.5 Å². The molecule has 0 spiro atoms. The van der Waals surface area contributed by atoms with Crippen LogP contribution in [0.2, 0.25) is 0 Å². The van der Waals surface area contributed by atoms with Crippen molar-refractivity contribution in [2.75, 3.05) is 11.8 Å². The molecule has 0 aromatic heterocycles. The van der Waals surface area contributed by atoms with Gasteiger partial charge in [-0.3, -0.25) is 25.1 Å². The molecule has 0 radical (unpaired) electrons. The van der Waals surface area contributed by atoms with Gasteiger partial charge in [0.25, 0.3) is 17.5 Å². The quantitative estimate of drug-likeness (QED) is 0.149. The summed E-state index contributed by atoms with van der Waals surface area (Å²) in [4.78, 5) is 48.9. The molecular weight excluding hydrogens is 458 g/mol. The Bertz CT molecular complexity index is 1420. The molecule has 3 aromatic carbocycles. The van der Waals surface area contributed by atoms with Crippen LogP contribution in [0, 0.1) is 10.1 Å². The molecule has 11 nitrogen and oxygen atoms in total. The van der Waals surface area contributed by atoms with Gasteiger partial charge in [0, 0.05) is 17.7 Å². The predicted molar refractivity (Wildman–Crippen MR) is 121 cm³/mol. The number of anilines is 1. The molecule has 0 unspecified atom stereocenters. The fourth-order valence-electron chi connectivity index (χ4n) is 3.51. The average molecular weight is 473 g/mol. The lowest BCUT2D eigenvalue weighted by atomic mass is 10.1. The first-order valence-electron chi connectivity index (χ1n) is 10.2. The van der Waals surface area contributed by atoms with Gasteiger partial charge in [-0.15, -0.1) is 0 Å². The number of non-ortho nitro benzene ring substituents is 1. The number of rotatable bonds is 5. The second-order valence-electron chi connectivity index (χ2n) is 7.41. The maximum Gasteiger partial charge on any atom is 0.343 e. The van der Waals surface area contributed by atoms with Gasteiger partial charge in [-0.2, -0.15) is 0 Å². The van der Waals surface area contributed by atoms with Crippen LogP contribution in [0.25, 0.3) is 6.08 Å². The highest BCUT2D eigenvalue weighted by atomic mass is 16.7. The number of fused-ring (bicyclic) bond motifs is 1. The summed E-state index contributed by atoms with van der Waals surface area (Å²) in [7, 11) is 0. The first kappa shape index (κ1) is 21.6. The van der Waals surface area contributed by atoms with Crippen LogP contribution in [0.15, 0.2) is 72.3 Å². The lowest BCUT2D eigenvalue weighted by Crippen LogP contribution is -2.35. The Morgan fingerprint density at radius 3 is 2.57 bits per heavy atom. The number of esters is 1. The zero-order chi connectivity index (χ0) is 24.5. The molecule has 174 valence electrons. The van der Waals surface area contributed by atoms with Crippen molar-refractivity contribution < 1.29 is 33.5 Å². The number of nitro benzene ring substituents is 1. The second kappa shape index (κ2) is 8.63. The minimum absolute atomic E-state index is 0.00158. The van der Waals surface area contributed by atoms with Gasteiger partial charge in [-0.05, 0) is 42.5 Å². The Morgan fingerprint density at radius 1 is 1.03 bits per heavy atom. The molecule has 11 heteroatoms. The normalized spacial score (nSPS) is 15.3. The van der Waals surface area contributed by atoms with E-state index in [0.29, 0.717) is 17.2 Å². The number of carbonyl (C=O) groups is 3. The Kier molecular flexibility index (Phi) is 5.34. The molecule has 2 heterocycles. The molecule has 1 fully saturated rings. The molecule has 2 aliphatic rings. The molecule has 2 aliphatic heterocycles. The van der Waals surface area contributed by atoms with E-state index in [1.807, 2.05) is 0 Å². The maximum atomic E-state index is 12.9. The smallest absolute Gasteiger partial charge is 0.343 e. The van der Waals surface area contributed by atoms with Gasteiger partial charge < -0.3 is 14.2 Å². The fourth-order valence-corrected chi connectivity index (χ4v) is 3.51. The van der Waals surface area contributed by atoms with E-state index in [-0.39, 0.29) is 34.9 Å². The fraction of sp³-hybridized carbons (Fsp3) is 0.0417. The molecule has 1 saturated heterocycles. The van der Waals surface area contributed by atoms with E-state index < -0.39 is 22.7 Å². The summed E-state index contributed by atoms with van der Waals surface area (Å²) in [6.45, 7) is 0.0317. The average Bonchev–Trinajstić information content (AvgIpc) is 3.44. The summed E-state index contributed by atoms with van der Waals surface area (Å²) in [6.07, 6.45) is 1.15. The van der Waals surface area contributed by atoms with Crippen molar-refractivity contribution >= 4 is 35.2 Å². The molecule has 0 aliphatic carbocycles. The number of hydrogen-bond donors (Lipinski definition) is 1. The standard InChI is InChI=1S/C24H15N3O8/c28-22-18(23(29)26(25-22)16-4-2-1-3-5-16)11-15-10-17(27(31)32)7-9-19(15)35-24(30)14-6-8-20-21(12-14)34-13-33-20/h1-12H,13H2,(H,25,28)/b18-11-. The van der Waals surface area contributed by atoms with Crippen molar-refractivity contribution in [2.24, 2.45) is 0 Å². The third-order valence-electron chi connectivity index (χ3n) is 5.22. The summed E-state index contributed by atoms with van der Waals surface area (Å²) in [5, 5.41) is 12.4. The summed E-state index contributed by atoms with van der Waals surface area (Å²) in [5.41, 5.74) is 2.43. The zero-order valence-electron chi connectivity index (χ0n) is 17.8. The summed E-state index contributed by atoms with van der Waals surface area (Å²) in [6, 6.07) is 16.4. The number of hydrogen-bond acceptors (Lipinski definition) is 8. The Balaban J connectivity index is 1.48. The number of benzene rings is 3. The van der Waals surface area contributed by atoms with E-state index in [1.54, 1.807) is 36.4 Å². The first-order valence-corrected chi connectivity index (χ1v) is 10.2. The lowest BCUT2D eigenvalue weighted by molar-refractivity contribution is -0.384. The molecule has 0 bridgehead atoms. The van der Waals surface area contributed by atoms with Crippen molar-refractivity contribution in [3.8, 4) is 17.2 Å². The minimum Gasteiger partial charge on any atom is -0.454 e. The Labute approximate surface area is 197 Å². The SMILES string of the molecule is O=C1NN(c2ccccc2)C(=O)/C1=C\c1cc([N+](=O)[O-])ccc1OC(=O)c1ccc2c(c1)OCO2. The van der Waals surface area contributed by atoms with Crippen LogP contribution in [0.1, 0.15) is 15.9 Å². The number of nitrogens with zero attached hydrogens (tertiary/aromatic N) is 2. The number of carbonyl (C=O) groups excluding carboxylic acids is 3. The van der Waals surface area contributed by atoms with Crippen LogP contribution < -0.4 is 24.6 Å². The van der Waals surface area contributed by atoms with Crippen molar-refractivity contribution in [1.82, 2.24) is 5.43 Å².